The zero-order valence-electron chi connectivity index (χ0n) is 18.6. The van der Waals surface area contributed by atoms with Gasteiger partial charge in [0.1, 0.15) is 0 Å². The van der Waals surface area contributed by atoms with Crippen LogP contribution in [-0.4, -0.2) is 25.3 Å². The second-order valence-electron chi connectivity index (χ2n) is 0.471. The summed E-state index contributed by atoms with van der Waals surface area (Å²) in [5, 5.41) is 13.0. The molecular formula is C16H36O6W2-6. The summed E-state index contributed by atoms with van der Waals surface area (Å²) in [6.45, 7) is 30.8. The van der Waals surface area contributed by atoms with Gasteiger partial charge in [0.25, 0.3) is 0 Å². The molecule has 4 N–H and O–H groups in total. The molecule has 0 atom stereocenters. The molecule has 0 heterocycles. The predicted molar refractivity (Wildman–Crippen MR) is 98.0 cm³/mol. The molecule has 154 valence electrons. The molecular weight excluding hydrogens is 656 g/mol. The number of rotatable bonds is 0. The van der Waals surface area contributed by atoms with E-state index in [1.165, 1.54) is 0 Å². The third-order valence-corrected chi connectivity index (χ3v) is 0. The van der Waals surface area contributed by atoms with E-state index in [4.69, 9.17) is 12.5 Å². The first-order valence-corrected chi connectivity index (χ1v) is 9.25. The molecule has 0 unspecified atom stereocenters. The second-order valence-corrected chi connectivity index (χ2v) is 1.32. The average Bonchev–Trinajstić information content (AvgIpc) is 2.73. The van der Waals surface area contributed by atoms with Crippen molar-refractivity contribution in [1.29, 1.82) is 0 Å². The van der Waals surface area contributed by atoms with Gasteiger partial charge in [-0.05, 0) is 0 Å². The van der Waals surface area contributed by atoms with Crippen molar-refractivity contribution in [3.63, 3.8) is 0 Å². The minimum atomic E-state index is -1.25. The fourth-order valence-electron chi connectivity index (χ4n) is 0. The van der Waals surface area contributed by atoms with Crippen LogP contribution in [0.5, 0.6) is 0 Å². The SMILES string of the molecule is C=C.C=C.C=C.C=C.[3H]O[CH2-].[3H]O[CH2-].[3H]O[CH2-].[3H]O[CH2-].[CH2-]C[CH2-].[CH2]=[W]=[O].[O]=[W]. The first-order chi connectivity index (χ1) is 13.5. The molecule has 0 rings (SSSR count). The van der Waals surface area contributed by atoms with E-state index in [0.717, 1.165) is 6.42 Å². The molecule has 0 aromatic carbocycles. The van der Waals surface area contributed by atoms with E-state index < -0.39 is 18.1 Å². The van der Waals surface area contributed by atoms with Crippen LogP contribution in [0.15, 0.2) is 52.6 Å². The van der Waals surface area contributed by atoms with E-state index in [-0.39, 0.29) is 0 Å². The van der Waals surface area contributed by atoms with Crippen LogP contribution in [0.3, 0.4) is 0 Å². The Bertz CT molecular complexity index is 140. The normalized spacial score (nSPS) is 5.25. The van der Waals surface area contributed by atoms with Crippen molar-refractivity contribution in [3.05, 3.63) is 94.9 Å². The summed E-state index contributed by atoms with van der Waals surface area (Å²) in [6.07, 6.45) is 0.750. The van der Waals surface area contributed by atoms with Crippen molar-refractivity contribution in [2.75, 3.05) is 0 Å². The van der Waals surface area contributed by atoms with Crippen molar-refractivity contribution in [3.8, 4) is 0 Å². The maximum atomic E-state index is 8.99. The van der Waals surface area contributed by atoms with Crippen LogP contribution in [0, 0.1) is 42.3 Å². The summed E-state index contributed by atoms with van der Waals surface area (Å²) in [7, 11) is 10.6. The molecule has 0 fully saturated rings. The van der Waals surface area contributed by atoms with Crippen LogP contribution >= 0.6 is 0 Å². The van der Waals surface area contributed by atoms with E-state index in [1.807, 2.05) is 0 Å². The topological polar surface area (TPSA) is 115 Å². The molecule has 0 amide bonds. The van der Waals surface area contributed by atoms with Crippen molar-refractivity contribution in [2.24, 2.45) is 0 Å². The van der Waals surface area contributed by atoms with Gasteiger partial charge >= 0.3 is 49.5 Å². The molecule has 0 aliphatic carbocycles. The number of hydrogen-bond donors (Lipinski definition) is 4. The molecule has 0 aliphatic heterocycles. The first-order valence-electron chi connectivity index (χ1n) is 6.41. The van der Waals surface area contributed by atoms with Gasteiger partial charge in [0.05, 0.1) is 0 Å². The van der Waals surface area contributed by atoms with Gasteiger partial charge in [0, 0.05) is 0 Å². The monoisotopic (exact) mass is 700 g/mol. The third-order valence-electron chi connectivity index (χ3n) is 0. The van der Waals surface area contributed by atoms with Crippen molar-refractivity contribution < 1.29 is 70.8 Å². The van der Waals surface area contributed by atoms with E-state index in [2.05, 4.69) is 120 Å². The van der Waals surface area contributed by atoms with Crippen LogP contribution in [0.4, 0.5) is 0 Å². The molecule has 0 saturated carbocycles. The molecule has 0 saturated heterocycles. The van der Waals surface area contributed by atoms with E-state index in [1.54, 1.807) is 0 Å². The fraction of sp³-hybridized carbons (Fsp3) is 0.0625. The summed E-state index contributed by atoms with van der Waals surface area (Å²) >= 11 is -0.917. The molecule has 0 spiro atoms. The van der Waals surface area contributed by atoms with Crippen LogP contribution in [0.1, 0.15) is 12.1 Å². The fourth-order valence-corrected chi connectivity index (χ4v) is 0. The Labute approximate surface area is 176 Å². The third kappa shape index (κ3) is 73900. The Balaban J connectivity index is -0.0000000127. The predicted octanol–water partition coefficient (Wildman–Crippen LogP) is 4.58. The molecule has 24 heavy (non-hydrogen) atoms. The summed E-state index contributed by atoms with van der Waals surface area (Å²) < 4.78 is 39.7. The van der Waals surface area contributed by atoms with Gasteiger partial charge < -0.3 is 40.7 Å². The first kappa shape index (κ1) is 43.8. The van der Waals surface area contributed by atoms with Gasteiger partial charge in [0.15, 0.2) is 5.72 Å². The summed E-state index contributed by atoms with van der Waals surface area (Å²) in [5.41, 5.74) is 0. The zero-order valence-corrected chi connectivity index (χ0v) is 20.4. The summed E-state index contributed by atoms with van der Waals surface area (Å²) in [5.74, 6) is 0. The Hall–Kier alpha value is -0.353. The average molecular weight is 700 g/mol. The van der Waals surface area contributed by atoms with Crippen LogP contribution in [0.25, 0.3) is 0 Å². The van der Waals surface area contributed by atoms with Gasteiger partial charge in [-0.3, -0.25) is 0 Å². The quantitative estimate of drug-likeness (QED) is 0.218. The van der Waals surface area contributed by atoms with Crippen LogP contribution in [0.2, 0.25) is 0 Å². The van der Waals surface area contributed by atoms with Crippen molar-refractivity contribution in [2.45, 2.75) is 6.42 Å². The number of hydrogen-bond acceptors (Lipinski definition) is 6. The molecule has 0 aliphatic rings. The Morgan fingerprint density at radius 2 is 0.750 bits per heavy atom. The number of aliphatic hydroxyl groups excluding tert-OH is 4. The molecule has 0 aromatic rings. The van der Waals surface area contributed by atoms with Gasteiger partial charge in [-0.1, -0.05) is 0 Å². The Morgan fingerprint density at radius 3 is 0.750 bits per heavy atom. The standard InChI is InChI=1S/C3H6.4C2H4.4CH3O.CH2.2O.2W/c1-3-2;8*1-2;;;;;/h1-3H2;4*1-2H2;4*2H,1H2;1H2;;;;/q-2;;;;;4*-1;;;;;/i;;;;;4*2T;;;;;. The van der Waals surface area contributed by atoms with Gasteiger partial charge in [0.2, 0.25) is 0 Å². The molecule has 0 radical (unpaired) electrons. The van der Waals surface area contributed by atoms with E-state index in [9.17, 15) is 0 Å². The Kier molecular flexibility index (Phi) is 7140. The molecule has 0 bridgehead atoms. The second kappa shape index (κ2) is 3910. The molecule has 0 aromatic heterocycles. The maximum absolute atomic E-state index is 8.99. The van der Waals surface area contributed by atoms with E-state index >= 15 is 0 Å². The van der Waals surface area contributed by atoms with Gasteiger partial charge in [-0.15, -0.1) is 52.6 Å². The van der Waals surface area contributed by atoms with Crippen LogP contribution in [-0.2, 0) is 44.6 Å². The van der Waals surface area contributed by atoms with Gasteiger partial charge in [-0.2, -0.15) is 0 Å². The zero-order chi connectivity index (χ0) is 26.2. The van der Waals surface area contributed by atoms with Crippen molar-refractivity contribution >= 4 is 4.90 Å². The van der Waals surface area contributed by atoms with Gasteiger partial charge in [-0.25, -0.2) is 28.4 Å². The van der Waals surface area contributed by atoms with Crippen molar-refractivity contribution in [1.82, 2.24) is 0 Å². The van der Waals surface area contributed by atoms with Crippen LogP contribution < -0.4 is 0 Å². The summed E-state index contributed by atoms with van der Waals surface area (Å²) in [6, 6.07) is 0. The minimum absolute atomic E-state index is 0.333. The Morgan fingerprint density at radius 1 is 0.750 bits per heavy atom. The van der Waals surface area contributed by atoms with E-state index in [0.29, 0.717) is 19.8 Å². The summed E-state index contributed by atoms with van der Waals surface area (Å²) in [4.78, 5) is 3.10. The molecule has 6 nitrogen and oxygen atoms in total. The number of aliphatic hydroxyl groups is 4. The molecule has 8 heteroatoms.